The normalized spacial score (nSPS) is 12.7. The van der Waals surface area contributed by atoms with Gasteiger partial charge in [-0.1, -0.05) is 6.92 Å². The third kappa shape index (κ3) is 3.57. The average molecular weight is 234 g/mol. The Labute approximate surface area is 104 Å². The maximum absolute atomic E-state index is 8.70. The third-order valence-electron chi connectivity index (χ3n) is 3.13. The summed E-state index contributed by atoms with van der Waals surface area (Å²) in [7, 11) is 2.06. The molecule has 0 radical (unpaired) electrons. The van der Waals surface area contributed by atoms with Gasteiger partial charge in [0.1, 0.15) is 0 Å². The summed E-state index contributed by atoms with van der Waals surface area (Å²) in [6, 6.07) is 4.66. The Morgan fingerprint density at radius 1 is 1.53 bits per heavy atom. The highest BCUT2D eigenvalue weighted by Gasteiger charge is 2.12. The highest BCUT2D eigenvalue weighted by Crippen LogP contribution is 2.11. The lowest BCUT2D eigenvalue weighted by Gasteiger charge is -2.22. The van der Waals surface area contributed by atoms with Crippen molar-refractivity contribution in [1.82, 2.24) is 14.7 Å². The molecule has 0 aliphatic heterocycles. The molecule has 0 fully saturated rings. The fourth-order valence-electron chi connectivity index (χ4n) is 1.79. The van der Waals surface area contributed by atoms with Crippen LogP contribution in [0.15, 0.2) is 6.07 Å². The second-order valence-electron chi connectivity index (χ2n) is 4.42. The zero-order valence-corrected chi connectivity index (χ0v) is 11.3. The van der Waals surface area contributed by atoms with Gasteiger partial charge in [0.05, 0.1) is 23.9 Å². The van der Waals surface area contributed by atoms with Gasteiger partial charge in [-0.2, -0.15) is 10.4 Å². The smallest absolute Gasteiger partial charge is 0.0638 e. The number of hydrogen-bond acceptors (Lipinski definition) is 3. The van der Waals surface area contributed by atoms with Crippen molar-refractivity contribution in [3.8, 4) is 6.07 Å². The minimum atomic E-state index is 0.283. The van der Waals surface area contributed by atoms with Crippen LogP contribution in [-0.4, -0.2) is 27.8 Å². The summed E-state index contributed by atoms with van der Waals surface area (Å²) < 4.78 is 2.05. The molecule has 0 aliphatic rings. The van der Waals surface area contributed by atoms with Crippen LogP contribution in [0, 0.1) is 11.3 Å². The fourth-order valence-corrected chi connectivity index (χ4v) is 1.79. The first-order valence-electron chi connectivity index (χ1n) is 6.25. The van der Waals surface area contributed by atoms with Crippen LogP contribution in [0.25, 0.3) is 0 Å². The zero-order chi connectivity index (χ0) is 12.8. The lowest BCUT2D eigenvalue weighted by molar-refractivity contribution is 0.245. The summed E-state index contributed by atoms with van der Waals surface area (Å²) in [6.07, 6.45) is 1.54. The first kappa shape index (κ1) is 13.7. The van der Waals surface area contributed by atoms with Crippen LogP contribution in [0.5, 0.6) is 0 Å². The molecule has 0 spiro atoms. The molecule has 0 bridgehead atoms. The average Bonchev–Trinajstić information content (AvgIpc) is 2.71. The molecule has 0 amide bonds. The van der Waals surface area contributed by atoms with Crippen LogP contribution in [0.2, 0.25) is 0 Å². The van der Waals surface area contributed by atoms with Crippen molar-refractivity contribution in [2.45, 2.75) is 52.7 Å². The van der Waals surface area contributed by atoms with E-state index < -0.39 is 0 Å². The number of hydrogen-bond donors (Lipinski definition) is 0. The summed E-state index contributed by atoms with van der Waals surface area (Å²) in [4.78, 5) is 2.20. The standard InChI is InChI=1S/C13H22N4/c1-5-12-9-13(17(6-2)15-12)10-16(4)11(3)7-8-14/h9,11H,5-7,10H2,1-4H3. The fraction of sp³-hybridized carbons (Fsp3) is 0.692. The van der Waals surface area contributed by atoms with Crippen molar-refractivity contribution in [2.24, 2.45) is 0 Å². The Morgan fingerprint density at radius 3 is 2.76 bits per heavy atom. The van der Waals surface area contributed by atoms with Crippen LogP contribution in [0.4, 0.5) is 0 Å². The Hall–Kier alpha value is -1.34. The van der Waals surface area contributed by atoms with Gasteiger partial charge in [-0.25, -0.2) is 0 Å². The minimum absolute atomic E-state index is 0.283. The van der Waals surface area contributed by atoms with Crippen molar-refractivity contribution in [2.75, 3.05) is 7.05 Å². The maximum atomic E-state index is 8.70. The van der Waals surface area contributed by atoms with E-state index in [1.807, 2.05) is 0 Å². The molecular formula is C13H22N4. The Kier molecular flexibility index (Phi) is 5.17. The molecule has 4 heteroatoms. The van der Waals surface area contributed by atoms with E-state index in [9.17, 15) is 0 Å². The highest BCUT2D eigenvalue weighted by molar-refractivity contribution is 5.10. The predicted molar refractivity (Wildman–Crippen MR) is 68.4 cm³/mol. The molecule has 94 valence electrons. The van der Waals surface area contributed by atoms with Crippen LogP contribution in [-0.2, 0) is 19.5 Å². The molecule has 1 rings (SSSR count). The van der Waals surface area contributed by atoms with Crippen LogP contribution < -0.4 is 0 Å². The summed E-state index contributed by atoms with van der Waals surface area (Å²) in [5.74, 6) is 0. The van der Waals surface area contributed by atoms with E-state index >= 15 is 0 Å². The third-order valence-corrected chi connectivity index (χ3v) is 3.13. The molecule has 1 aromatic rings. The lowest BCUT2D eigenvalue weighted by atomic mass is 10.2. The summed E-state index contributed by atoms with van der Waals surface area (Å²) in [6.45, 7) is 8.05. The Balaban J connectivity index is 2.73. The molecule has 0 saturated heterocycles. The van der Waals surface area contributed by atoms with E-state index in [0.29, 0.717) is 6.42 Å². The van der Waals surface area contributed by atoms with Gasteiger partial charge >= 0.3 is 0 Å². The van der Waals surface area contributed by atoms with E-state index in [1.165, 1.54) is 5.69 Å². The monoisotopic (exact) mass is 234 g/mol. The van der Waals surface area contributed by atoms with Gasteiger partial charge in [-0.05, 0) is 33.4 Å². The van der Waals surface area contributed by atoms with Gasteiger partial charge < -0.3 is 0 Å². The maximum Gasteiger partial charge on any atom is 0.0638 e. The number of aryl methyl sites for hydroxylation is 2. The molecule has 0 aliphatic carbocycles. The summed E-state index contributed by atoms with van der Waals surface area (Å²) in [5.41, 5.74) is 2.37. The minimum Gasteiger partial charge on any atom is -0.297 e. The topological polar surface area (TPSA) is 44.9 Å². The molecule has 0 N–H and O–H groups in total. The molecule has 4 nitrogen and oxygen atoms in total. The number of aromatic nitrogens is 2. The zero-order valence-electron chi connectivity index (χ0n) is 11.3. The predicted octanol–water partition coefficient (Wildman–Crippen LogP) is 2.20. The molecular weight excluding hydrogens is 212 g/mol. The molecule has 0 aromatic carbocycles. The van der Waals surface area contributed by atoms with E-state index in [-0.39, 0.29) is 6.04 Å². The van der Waals surface area contributed by atoms with E-state index in [2.05, 4.69) is 54.6 Å². The summed E-state index contributed by atoms with van der Waals surface area (Å²) in [5, 5.41) is 13.2. The second kappa shape index (κ2) is 6.41. The number of nitriles is 1. The number of rotatable bonds is 6. The highest BCUT2D eigenvalue weighted by atomic mass is 15.3. The molecule has 1 atom stereocenters. The molecule has 1 heterocycles. The van der Waals surface area contributed by atoms with Crippen LogP contribution in [0.1, 0.15) is 38.6 Å². The Morgan fingerprint density at radius 2 is 2.24 bits per heavy atom. The van der Waals surface area contributed by atoms with E-state index in [1.54, 1.807) is 0 Å². The van der Waals surface area contributed by atoms with Crippen molar-refractivity contribution < 1.29 is 0 Å². The van der Waals surface area contributed by atoms with Gasteiger partial charge in [-0.15, -0.1) is 0 Å². The Bertz CT molecular complexity index is 389. The first-order valence-corrected chi connectivity index (χ1v) is 6.25. The lowest BCUT2D eigenvalue weighted by Crippen LogP contribution is -2.29. The molecule has 17 heavy (non-hydrogen) atoms. The van der Waals surface area contributed by atoms with Crippen LogP contribution >= 0.6 is 0 Å². The summed E-state index contributed by atoms with van der Waals surface area (Å²) >= 11 is 0. The van der Waals surface area contributed by atoms with Crippen molar-refractivity contribution in [3.05, 3.63) is 17.5 Å². The molecule has 1 unspecified atom stereocenters. The van der Waals surface area contributed by atoms with Crippen LogP contribution in [0.3, 0.4) is 0 Å². The van der Waals surface area contributed by atoms with Gasteiger partial charge in [0.15, 0.2) is 0 Å². The second-order valence-corrected chi connectivity index (χ2v) is 4.42. The van der Waals surface area contributed by atoms with Gasteiger partial charge in [-0.3, -0.25) is 9.58 Å². The van der Waals surface area contributed by atoms with Crippen molar-refractivity contribution >= 4 is 0 Å². The van der Waals surface area contributed by atoms with Crippen molar-refractivity contribution in [1.29, 1.82) is 5.26 Å². The van der Waals surface area contributed by atoms with E-state index in [0.717, 1.165) is 25.2 Å². The van der Waals surface area contributed by atoms with Gasteiger partial charge in [0.2, 0.25) is 0 Å². The number of nitrogens with zero attached hydrogens (tertiary/aromatic N) is 4. The first-order chi connectivity index (χ1) is 8.12. The quantitative estimate of drug-likeness (QED) is 0.758. The van der Waals surface area contributed by atoms with E-state index in [4.69, 9.17) is 5.26 Å². The van der Waals surface area contributed by atoms with Crippen molar-refractivity contribution in [3.63, 3.8) is 0 Å². The van der Waals surface area contributed by atoms with Gasteiger partial charge in [0, 0.05) is 19.1 Å². The molecule has 1 aromatic heterocycles. The van der Waals surface area contributed by atoms with Gasteiger partial charge in [0.25, 0.3) is 0 Å². The SMILES string of the molecule is CCc1cc(CN(C)C(C)CC#N)n(CC)n1. The molecule has 0 saturated carbocycles. The largest absolute Gasteiger partial charge is 0.297 e.